The first-order valence-electron chi connectivity index (χ1n) is 8.42. The Morgan fingerprint density at radius 3 is 2.76 bits per heavy atom. The molecule has 1 nitrogen and oxygen atoms in total. The number of hydrogen-bond acceptors (Lipinski definition) is 1. The maximum absolute atomic E-state index is 13.6. The molecule has 1 aliphatic rings. The Morgan fingerprint density at radius 1 is 1.33 bits per heavy atom. The van der Waals surface area contributed by atoms with Gasteiger partial charge in [-0.2, -0.15) is 0 Å². The van der Waals surface area contributed by atoms with E-state index in [1.165, 1.54) is 31.2 Å². The third-order valence-electron chi connectivity index (χ3n) is 5.29. The Morgan fingerprint density at radius 2 is 2.10 bits per heavy atom. The van der Waals surface area contributed by atoms with Crippen molar-refractivity contribution in [1.29, 1.82) is 0 Å². The minimum absolute atomic E-state index is 0.117. The lowest BCUT2D eigenvalue weighted by molar-refractivity contribution is 0.0987. The normalized spacial score (nSPS) is 23.0. The smallest absolute Gasteiger partial charge is 0.123 e. The molecular formula is C19H30FN. The highest BCUT2D eigenvalue weighted by atomic mass is 19.1. The zero-order valence-corrected chi connectivity index (χ0v) is 14.0. The molecule has 1 aromatic carbocycles. The highest BCUT2D eigenvalue weighted by molar-refractivity contribution is 5.27. The zero-order chi connectivity index (χ0) is 15.5. The van der Waals surface area contributed by atoms with Crippen LogP contribution in [0.5, 0.6) is 0 Å². The van der Waals surface area contributed by atoms with Crippen LogP contribution in [0.15, 0.2) is 18.2 Å². The predicted octanol–water partition coefficient (Wildman–Crippen LogP) is 4.87. The second-order valence-corrected chi connectivity index (χ2v) is 7.28. The average Bonchev–Trinajstić information content (AvgIpc) is 2.42. The number of likely N-dealkylation sites (N-methyl/N-ethyl adjacent to an activating group) is 1. The second-order valence-electron chi connectivity index (χ2n) is 7.28. The number of benzene rings is 1. The molecule has 0 saturated heterocycles. The fourth-order valence-electron chi connectivity index (χ4n) is 3.98. The molecule has 0 aromatic heterocycles. The van der Waals surface area contributed by atoms with E-state index < -0.39 is 0 Å². The molecule has 1 saturated carbocycles. The fourth-order valence-corrected chi connectivity index (χ4v) is 3.98. The van der Waals surface area contributed by atoms with Crippen LogP contribution in [-0.2, 0) is 6.42 Å². The van der Waals surface area contributed by atoms with Crippen LogP contribution in [0.25, 0.3) is 0 Å². The van der Waals surface area contributed by atoms with Crippen LogP contribution in [-0.4, -0.2) is 12.6 Å². The number of hydrogen-bond donors (Lipinski definition) is 1. The van der Waals surface area contributed by atoms with Gasteiger partial charge in [-0.3, -0.25) is 0 Å². The Hall–Kier alpha value is -0.890. The lowest BCUT2D eigenvalue weighted by Gasteiger charge is -2.44. The lowest BCUT2D eigenvalue weighted by Crippen LogP contribution is -2.46. The quantitative estimate of drug-likeness (QED) is 0.816. The van der Waals surface area contributed by atoms with Crippen molar-refractivity contribution >= 4 is 0 Å². The summed E-state index contributed by atoms with van der Waals surface area (Å²) < 4.78 is 13.6. The molecule has 2 rings (SSSR count). The van der Waals surface area contributed by atoms with Crippen molar-refractivity contribution in [3.8, 4) is 0 Å². The molecule has 0 bridgehead atoms. The molecule has 118 valence electrons. The highest BCUT2D eigenvalue weighted by Gasteiger charge is 2.37. The molecule has 0 aliphatic heterocycles. The number of rotatable bonds is 5. The van der Waals surface area contributed by atoms with Crippen LogP contribution in [0, 0.1) is 24.1 Å². The Labute approximate surface area is 129 Å². The number of aryl methyl sites for hydroxylation is 1. The maximum Gasteiger partial charge on any atom is 0.123 e. The third kappa shape index (κ3) is 4.06. The van der Waals surface area contributed by atoms with Gasteiger partial charge in [0.2, 0.25) is 0 Å². The molecule has 1 N–H and O–H groups in total. The third-order valence-corrected chi connectivity index (χ3v) is 5.29. The predicted molar refractivity (Wildman–Crippen MR) is 88.0 cm³/mol. The van der Waals surface area contributed by atoms with E-state index in [0.29, 0.717) is 17.4 Å². The van der Waals surface area contributed by atoms with E-state index in [0.717, 1.165) is 18.5 Å². The van der Waals surface area contributed by atoms with E-state index in [1.54, 1.807) is 12.1 Å². The highest BCUT2D eigenvalue weighted by Crippen LogP contribution is 2.43. The minimum atomic E-state index is -0.117. The standard InChI is InChI=1S/C19H30FN/c1-5-21-18(17-8-6-7-11-19(17,3)4)13-15-12-16(20)10-9-14(15)2/h9-10,12,17-18,21H,5-8,11,13H2,1-4H3. The van der Waals surface area contributed by atoms with Crippen molar-refractivity contribution in [2.24, 2.45) is 11.3 Å². The van der Waals surface area contributed by atoms with Gasteiger partial charge >= 0.3 is 0 Å². The molecule has 0 radical (unpaired) electrons. The molecule has 21 heavy (non-hydrogen) atoms. The molecule has 0 amide bonds. The molecule has 2 unspecified atom stereocenters. The summed E-state index contributed by atoms with van der Waals surface area (Å²) in [5.41, 5.74) is 2.74. The van der Waals surface area contributed by atoms with Crippen LogP contribution in [0.2, 0.25) is 0 Å². The molecule has 2 atom stereocenters. The summed E-state index contributed by atoms with van der Waals surface area (Å²) in [6.07, 6.45) is 6.21. The molecule has 0 heterocycles. The van der Waals surface area contributed by atoms with Gasteiger partial charge in [0, 0.05) is 6.04 Å². The van der Waals surface area contributed by atoms with Crippen molar-refractivity contribution in [2.45, 2.75) is 65.8 Å². The van der Waals surface area contributed by atoms with Crippen molar-refractivity contribution < 1.29 is 4.39 Å². The summed E-state index contributed by atoms with van der Waals surface area (Å²) in [7, 11) is 0. The molecule has 2 heteroatoms. The molecule has 1 fully saturated rings. The van der Waals surface area contributed by atoms with Crippen LogP contribution in [0.3, 0.4) is 0 Å². The molecule has 0 spiro atoms. The Balaban J connectivity index is 2.20. The zero-order valence-electron chi connectivity index (χ0n) is 14.0. The van der Waals surface area contributed by atoms with E-state index in [2.05, 4.69) is 33.0 Å². The number of nitrogens with one attached hydrogen (secondary N) is 1. The van der Waals surface area contributed by atoms with Gasteiger partial charge < -0.3 is 5.32 Å². The van der Waals surface area contributed by atoms with Gasteiger partial charge in [-0.05, 0) is 67.3 Å². The summed E-state index contributed by atoms with van der Waals surface area (Å²) in [6.45, 7) is 10.0. The summed E-state index contributed by atoms with van der Waals surface area (Å²) in [5, 5.41) is 3.68. The van der Waals surface area contributed by atoms with Crippen LogP contribution in [0.4, 0.5) is 4.39 Å². The fraction of sp³-hybridized carbons (Fsp3) is 0.684. The first-order chi connectivity index (χ1) is 9.94. The lowest BCUT2D eigenvalue weighted by atomic mass is 9.65. The topological polar surface area (TPSA) is 12.0 Å². The van der Waals surface area contributed by atoms with E-state index >= 15 is 0 Å². The Kier molecular flexibility index (Phi) is 5.43. The molecular weight excluding hydrogens is 261 g/mol. The van der Waals surface area contributed by atoms with Crippen molar-refractivity contribution in [1.82, 2.24) is 5.32 Å². The summed E-state index contributed by atoms with van der Waals surface area (Å²) >= 11 is 0. The molecule has 1 aromatic rings. The van der Waals surface area contributed by atoms with Gasteiger partial charge in [0.15, 0.2) is 0 Å². The first kappa shape index (κ1) is 16.5. The van der Waals surface area contributed by atoms with Gasteiger partial charge in [-0.1, -0.05) is 39.7 Å². The summed E-state index contributed by atoms with van der Waals surface area (Å²) in [5.74, 6) is 0.558. The van der Waals surface area contributed by atoms with Crippen molar-refractivity contribution in [3.63, 3.8) is 0 Å². The van der Waals surface area contributed by atoms with Crippen molar-refractivity contribution in [3.05, 3.63) is 35.1 Å². The summed E-state index contributed by atoms with van der Waals surface area (Å²) in [4.78, 5) is 0. The molecule has 1 aliphatic carbocycles. The Bertz CT molecular complexity index is 467. The van der Waals surface area contributed by atoms with Gasteiger partial charge in [0.1, 0.15) is 5.82 Å². The monoisotopic (exact) mass is 291 g/mol. The van der Waals surface area contributed by atoms with Crippen LogP contribution in [0.1, 0.15) is 57.6 Å². The van der Waals surface area contributed by atoms with E-state index in [1.807, 2.05) is 6.07 Å². The maximum atomic E-state index is 13.6. The van der Waals surface area contributed by atoms with Gasteiger partial charge in [0.25, 0.3) is 0 Å². The summed E-state index contributed by atoms with van der Waals surface area (Å²) in [6, 6.07) is 5.63. The number of halogens is 1. The van der Waals surface area contributed by atoms with Gasteiger partial charge in [-0.15, -0.1) is 0 Å². The SMILES string of the molecule is CCNC(Cc1cc(F)ccc1C)C1CCCCC1(C)C. The van der Waals surface area contributed by atoms with Gasteiger partial charge in [-0.25, -0.2) is 4.39 Å². The average molecular weight is 291 g/mol. The van der Waals surface area contributed by atoms with E-state index in [4.69, 9.17) is 0 Å². The first-order valence-corrected chi connectivity index (χ1v) is 8.42. The van der Waals surface area contributed by atoms with Crippen LogP contribution < -0.4 is 5.32 Å². The van der Waals surface area contributed by atoms with Crippen LogP contribution >= 0.6 is 0 Å². The van der Waals surface area contributed by atoms with E-state index in [9.17, 15) is 4.39 Å². The van der Waals surface area contributed by atoms with Crippen molar-refractivity contribution in [2.75, 3.05) is 6.54 Å². The second kappa shape index (κ2) is 6.91. The minimum Gasteiger partial charge on any atom is -0.314 e. The van der Waals surface area contributed by atoms with Gasteiger partial charge in [0.05, 0.1) is 0 Å². The largest absolute Gasteiger partial charge is 0.314 e. The van der Waals surface area contributed by atoms with E-state index in [-0.39, 0.29) is 5.82 Å².